The molecule has 11 atom stereocenters. The van der Waals surface area contributed by atoms with E-state index >= 15 is 0 Å². The molecule has 3 aliphatic heterocycles. The Morgan fingerprint density at radius 1 is 0.750 bits per heavy atom. The standard InChI is InChI=1S/C28H34O16/c1-9-19(32)22(35)24(37)27(41-9)40-8-18-21(34)23(36)25(38)28(44-18)43-17-7-12-13(30)5-11(29)6-15(12)42-26(17)10-3-14(31)20(33)16(4-10)39-2/h3-7,9,18-19,21-38H,8H2,1-2H3/t9-,18+,19-,21+,22+,23-,24+,25+,26?,27+,28+/m0/s1. The van der Waals surface area contributed by atoms with Gasteiger partial charge in [-0.15, -0.1) is 0 Å². The van der Waals surface area contributed by atoms with Crippen molar-refractivity contribution in [2.45, 2.75) is 74.4 Å². The first-order chi connectivity index (χ1) is 20.8. The van der Waals surface area contributed by atoms with Crippen molar-refractivity contribution in [1.29, 1.82) is 0 Å². The molecule has 16 heteroatoms. The van der Waals surface area contributed by atoms with E-state index in [0.29, 0.717) is 0 Å². The molecule has 3 aliphatic rings. The van der Waals surface area contributed by atoms with E-state index in [1.807, 2.05) is 0 Å². The van der Waals surface area contributed by atoms with Crippen LogP contribution in [-0.2, 0) is 18.9 Å². The Bertz CT molecular complexity index is 1380. The summed E-state index contributed by atoms with van der Waals surface area (Å²) in [7, 11) is 1.25. The number of hydrogen-bond donors (Lipinski definition) is 10. The van der Waals surface area contributed by atoms with E-state index in [9.17, 15) is 51.1 Å². The molecule has 16 nitrogen and oxygen atoms in total. The summed E-state index contributed by atoms with van der Waals surface area (Å²) in [5.74, 6) is -2.11. The summed E-state index contributed by atoms with van der Waals surface area (Å²) < 4.78 is 33.6. The lowest BCUT2D eigenvalue weighted by atomic mass is 9.98. The van der Waals surface area contributed by atoms with E-state index in [4.69, 9.17) is 28.4 Å². The summed E-state index contributed by atoms with van der Waals surface area (Å²) in [6.07, 6.45) is -15.4. The van der Waals surface area contributed by atoms with Crippen LogP contribution in [0.2, 0.25) is 0 Å². The minimum atomic E-state index is -1.84. The number of aliphatic hydroxyl groups excluding tert-OH is 6. The highest BCUT2D eigenvalue weighted by molar-refractivity contribution is 5.70. The van der Waals surface area contributed by atoms with E-state index in [0.717, 1.165) is 12.1 Å². The second kappa shape index (κ2) is 12.4. The van der Waals surface area contributed by atoms with Crippen molar-refractivity contribution < 1.29 is 79.5 Å². The predicted molar refractivity (Wildman–Crippen MR) is 144 cm³/mol. The topological polar surface area (TPSA) is 258 Å². The van der Waals surface area contributed by atoms with Crippen LogP contribution >= 0.6 is 0 Å². The highest BCUT2D eigenvalue weighted by Gasteiger charge is 2.48. The Balaban J connectivity index is 1.42. The minimum Gasteiger partial charge on any atom is -0.508 e. The van der Waals surface area contributed by atoms with Gasteiger partial charge >= 0.3 is 0 Å². The smallest absolute Gasteiger partial charge is 0.228 e. The Morgan fingerprint density at radius 3 is 2.14 bits per heavy atom. The lowest BCUT2D eigenvalue weighted by Crippen LogP contribution is -2.61. The molecule has 3 heterocycles. The lowest BCUT2D eigenvalue weighted by molar-refractivity contribution is -0.324. The zero-order valence-corrected chi connectivity index (χ0v) is 23.4. The van der Waals surface area contributed by atoms with E-state index < -0.39 is 91.4 Å². The summed E-state index contributed by atoms with van der Waals surface area (Å²) in [5.41, 5.74) is 0.217. The second-order valence-corrected chi connectivity index (χ2v) is 10.7. The monoisotopic (exact) mass is 626 g/mol. The third-order valence-electron chi connectivity index (χ3n) is 7.65. The normalized spacial score (nSPS) is 35.3. The van der Waals surface area contributed by atoms with E-state index in [2.05, 4.69) is 0 Å². The maximum Gasteiger partial charge on any atom is 0.228 e. The van der Waals surface area contributed by atoms with Crippen LogP contribution < -0.4 is 9.47 Å². The number of phenols is 4. The van der Waals surface area contributed by atoms with Gasteiger partial charge in [-0.3, -0.25) is 0 Å². The Hall–Kier alpha value is -3.58. The Kier molecular flexibility index (Phi) is 8.99. The quantitative estimate of drug-likeness (QED) is 0.160. The van der Waals surface area contributed by atoms with Crippen LogP contribution in [0.5, 0.6) is 34.5 Å². The maximum atomic E-state index is 10.7. The number of fused-ring (bicyclic) bond motifs is 1. The Morgan fingerprint density at radius 2 is 1.43 bits per heavy atom. The van der Waals surface area contributed by atoms with Crippen molar-refractivity contribution in [3.8, 4) is 34.5 Å². The molecule has 0 amide bonds. The molecule has 44 heavy (non-hydrogen) atoms. The number of aliphatic hydroxyl groups is 6. The fraction of sp³-hybridized carbons (Fsp3) is 0.500. The minimum absolute atomic E-state index is 0.00537. The molecule has 10 N–H and O–H groups in total. The first-order valence-electron chi connectivity index (χ1n) is 13.5. The molecular formula is C28H34O16. The average Bonchev–Trinajstić information content (AvgIpc) is 2.99. The molecule has 2 aromatic rings. The van der Waals surface area contributed by atoms with Gasteiger partial charge in [0.15, 0.2) is 23.9 Å². The fourth-order valence-electron chi connectivity index (χ4n) is 5.12. The molecule has 0 saturated carbocycles. The number of hydrogen-bond acceptors (Lipinski definition) is 16. The van der Waals surface area contributed by atoms with Crippen molar-refractivity contribution in [3.05, 3.63) is 41.2 Å². The molecule has 0 radical (unpaired) electrons. The van der Waals surface area contributed by atoms with Gasteiger partial charge in [0.05, 0.1) is 25.4 Å². The zero-order valence-electron chi connectivity index (χ0n) is 23.4. The third-order valence-corrected chi connectivity index (χ3v) is 7.65. The summed E-state index contributed by atoms with van der Waals surface area (Å²) in [6, 6.07) is 4.72. The number of benzene rings is 2. The van der Waals surface area contributed by atoms with Crippen LogP contribution in [-0.4, -0.2) is 126 Å². The highest BCUT2D eigenvalue weighted by Crippen LogP contribution is 2.47. The van der Waals surface area contributed by atoms with E-state index in [1.165, 1.54) is 32.2 Å². The maximum absolute atomic E-state index is 10.7. The van der Waals surface area contributed by atoms with Crippen LogP contribution in [0.3, 0.4) is 0 Å². The van der Waals surface area contributed by atoms with Gasteiger partial charge in [-0.2, -0.15) is 0 Å². The summed E-state index contributed by atoms with van der Waals surface area (Å²) in [5, 5.41) is 103. The van der Waals surface area contributed by atoms with Crippen molar-refractivity contribution in [2.75, 3.05) is 13.7 Å². The molecule has 242 valence electrons. The second-order valence-electron chi connectivity index (χ2n) is 10.7. The molecule has 2 saturated heterocycles. The van der Waals surface area contributed by atoms with Crippen LogP contribution in [0.4, 0.5) is 0 Å². The number of phenolic OH excluding ortho intramolecular Hbond substituents is 4. The van der Waals surface area contributed by atoms with Crippen molar-refractivity contribution in [1.82, 2.24) is 0 Å². The van der Waals surface area contributed by atoms with Gasteiger partial charge in [0.1, 0.15) is 65.7 Å². The van der Waals surface area contributed by atoms with Gasteiger partial charge in [-0.05, 0) is 25.1 Å². The first kappa shape index (κ1) is 31.8. The number of ether oxygens (including phenoxy) is 6. The van der Waals surface area contributed by atoms with Crippen molar-refractivity contribution in [3.63, 3.8) is 0 Å². The van der Waals surface area contributed by atoms with Gasteiger partial charge in [0.25, 0.3) is 0 Å². The lowest BCUT2D eigenvalue weighted by Gasteiger charge is -2.43. The van der Waals surface area contributed by atoms with Crippen molar-refractivity contribution in [2.24, 2.45) is 0 Å². The van der Waals surface area contributed by atoms with Gasteiger partial charge in [0.2, 0.25) is 12.0 Å². The zero-order chi connectivity index (χ0) is 32.0. The van der Waals surface area contributed by atoms with E-state index in [-0.39, 0.29) is 34.1 Å². The van der Waals surface area contributed by atoms with Crippen LogP contribution in [0.1, 0.15) is 24.2 Å². The number of aromatic hydroxyl groups is 4. The molecule has 0 aromatic heterocycles. The Labute approximate surface area is 249 Å². The largest absolute Gasteiger partial charge is 0.508 e. The fourth-order valence-corrected chi connectivity index (χ4v) is 5.12. The van der Waals surface area contributed by atoms with Crippen LogP contribution in [0.25, 0.3) is 6.08 Å². The molecule has 2 fully saturated rings. The summed E-state index contributed by atoms with van der Waals surface area (Å²) in [4.78, 5) is 0. The van der Waals surface area contributed by atoms with Crippen molar-refractivity contribution >= 4 is 6.08 Å². The third kappa shape index (κ3) is 5.91. The van der Waals surface area contributed by atoms with Gasteiger partial charge in [-0.1, -0.05) is 0 Å². The van der Waals surface area contributed by atoms with Gasteiger partial charge in [-0.25, -0.2) is 0 Å². The molecule has 0 spiro atoms. The molecule has 2 aromatic carbocycles. The number of rotatable bonds is 7. The molecule has 1 unspecified atom stereocenters. The summed E-state index contributed by atoms with van der Waals surface area (Å²) in [6.45, 7) is 0.913. The average molecular weight is 627 g/mol. The highest BCUT2D eigenvalue weighted by atomic mass is 16.7. The molecular weight excluding hydrogens is 592 g/mol. The predicted octanol–water partition coefficient (Wildman–Crippen LogP) is -1.34. The van der Waals surface area contributed by atoms with Gasteiger partial charge < -0.3 is 79.5 Å². The van der Waals surface area contributed by atoms with Crippen LogP contribution in [0, 0.1) is 0 Å². The first-order valence-corrected chi connectivity index (χ1v) is 13.5. The molecule has 5 rings (SSSR count). The van der Waals surface area contributed by atoms with Crippen LogP contribution in [0.15, 0.2) is 30.0 Å². The van der Waals surface area contributed by atoms with E-state index in [1.54, 1.807) is 0 Å². The summed E-state index contributed by atoms with van der Waals surface area (Å²) >= 11 is 0. The molecule has 0 bridgehead atoms. The number of methoxy groups -OCH3 is 1. The van der Waals surface area contributed by atoms with Gasteiger partial charge in [0, 0.05) is 17.7 Å². The SMILES string of the molecule is COc1cc(C2Oc3cc(O)cc(O)c3C=C2O[C@@H]2O[C@H](CO[C@@H]3O[C@@H](C)[C@H](O)[C@@H](O)[C@H]3O)[C@@H](O)[C@H](O)[C@H]2O)cc(O)c1O. The molecule has 0 aliphatic carbocycles.